The van der Waals surface area contributed by atoms with Gasteiger partial charge in [-0.3, -0.25) is 4.79 Å². The highest BCUT2D eigenvalue weighted by Crippen LogP contribution is 2.29. The van der Waals surface area contributed by atoms with E-state index < -0.39 is 23.8 Å². The van der Waals surface area contributed by atoms with Crippen LogP contribution in [0.1, 0.15) is 37.9 Å². The van der Waals surface area contributed by atoms with E-state index in [1.165, 1.54) is 19.2 Å². The molecule has 0 aliphatic carbocycles. The molecule has 0 aromatic heterocycles. The van der Waals surface area contributed by atoms with E-state index in [0.717, 1.165) is 18.9 Å². The molecule has 5 heteroatoms. The van der Waals surface area contributed by atoms with Gasteiger partial charge < -0.3 is 9.84 Å². The maximum atomic E-state index is 13.3. The lowest BCUT2D eigenvalue weighted by Crippen LogP contribution is -2.23. The normalized spacial score (nSPS) is 13.9. The molecular weight excluding hydrogens is 271 g/mol. The number of esters is 1. The maximum Gasteiger partial charge on any atom is 0.311 e. The van der Waals surface area contributed by atoms with Gasteiger partial charge in [0, 0.05) is 5.02 Å². The van der Waals surface area contributed by atoms with E-state index in [2.05, 4.69) is 4.74 Å². The molecule has 1 rings (SSSR count). The SMILES string of the molecule is CCCCC(C(=O)OC)C(O)c1cc(F)cc(Cl)c1. The van der Waals surface area contributed by atoms with Crippen LogP contribution in [0.2, 0.25) is 5.02 Å². The Balaban J connectivity index is 2.96. The molecule has 0 saturated heterocycles. The molecule has 3 nitrogen and oxygen atoms in total. The lowest BCUT2D eigenvalue weighted by molar-refractivity contribution is -0.150. The van der Waals surface area contributed by atoms with Gasteiger partial charge in [0.15, 0.2) is 0 Å². The standard InChI is InChI=1S/C14H18ClFO3/c1-3-4-5-12(14(18)19-2)13(17)9-6-10(15)8-11(16)7-9/h6-8,12-13,17H,3-5H2,1-2H3. The molecule has 106 valence electrons. The average Bonchev–Trinajstić information content (AvgIpc) is 2.37. The van der Waals surface area contributed by atoms with Crippen molar-refractivity contribution >= 4 is 17.6 Å². The quantitative estimate of drug-likeness (QED) is 0.815. The predicted octanol–water partition coefficient (Wildman–Crippen LogP) is 3.49. The van der Waals surface area contributed by atoms with Gasteiger partial charge in [-0.05, 0) is 30.2 Å². The van der Waals surface area contributed by atoms with Gasteiger partial charge in [0.1, 0.15) is 5.82 Å². The molecule has 2 unspecified atom stereocenters. The third kappa shape index (κ3) is 4.48. The fourth-order valence-electron chi connectivity index (χ4n) is 1.96. The first kappa shape index (κ1) is 15.9. The van der Waals surface area contributed by atoms with Crippen LogP contribution in [0.3, 0.4) is 0 Å². The monoisotopic (exact) mass is 288 g/mol. The number of benzene rings is 1. The number of carbonyl (C=O) groups excluding carboxylic acids is 1. The molecule has 1 N–H and O–H groups in total. The Morgan fingerprint density at radius 3 is 2.68 bits per heavy atom. The number of unbranched alkanes of at least 4 members (excludes halogenated alkanes) is 1. The number of hydrogen-bond donors (Lipinski definition) is 1. The van der Waals surface area contributed by atoms with E-state index >= 15 is 0 Å². The minimum Gasteiger partial charge on any atom is -0.469 e. The lowest BCUT2D eigenvalue weighted by Gasteiger charge is -2.21. The van der Waals surface area contributed by atoms with Crippen LogP contribution < -0.4 is 0 Å². The Bertz CT molecular complexity index is 416. The molecule has 0 bridgehead atoms. The number of ether oxygens (including phenoxy) is 1. The number of rotatable bonds is 6. The van der Waals surface area contributed by atoms with Crippen molar-refractivity contribution in [2.75, 3.05) is 7.11 Å². The summed E-state index contributed by atoms with van der Waals surface area (Å²) in [6.45, 7) is 1.99. The van der Waals surface area contributed by atoms with Crippen molar-refractivity contribution in [3.8, 4) is 0 Å². The molecule has 2 atom stereocenters. The van der Waals surface area contributed by atoms with Crippen LogP contribution >= 0.6 is 11.6 Å². The van der Waals surface area contributed by atoms with Gasteiger partial charge in [-0.15, -0.1) is 0 Å². The van der Waals surface area contributed by atoms with Gasteiger partial charge in [0.05, 0.1) is 19.1 Å². The van der Waals surface area contributed by atoms with Gasteiger partial charge >= 0.3 is 5.97 Å². The van der Waals surface area contributed by atoms with Crippen LogP contribution in [0.5, 0.6) is 0 Å². The fraction of sp³-hybridized carbons (Fsp3) is 0.500. The van der Waals surface area contributed by atoms with Gasteiger partial charge in [-0.1, -0.05) is 31.4 Å². The highest BCUT2D eigenvalue weighted by atomic mass is 35.5. The van der Waals surface area contributed by atoms with Crippen molar-refractivity contribution < 1.29 is 19.0 Å². The second kappa shape index (κ2) is 7.46. The smallest absolute Gasteiger partial charge is 0.311 e. The summed E-state index contributed by atoms with van der Waals surface area (Å²) in [7, 11) is 1.27. The summed E-state index contributed by atoms with van der Waals surface area (Å²) in [5, 5.41) is 10.4. The third-order valence-corrected chi connectivity index (χ3v) is 3.20. The topological polar surface area (TPSA) is 46.5 Å². The fourth-order valence-corrected chi connectivity index (χ4v) is 2.19. The molecule has 0 amide bonds. The molecule has 0 fully saturated rings. The highest BCUT2D eigenvalue weighted by Gasteiger charge is 2.28. The molecule has 0 spiro atoms. The summed E-state index contributed by atoms with van der Waals surface area (Å²) < 4.78 is 18.0. The van der Waals surface area contributed by atoms with Crippen LogP contribution in [-0.4, -0.2) is 18.2 Å². The van der Waals surface area contributed by atoms with E-state index in [1.54, 1.807) is 0 Å². The lowest BCUT2D eigenvalue weighted by atomic mass is 9.91. The zero-order valence-electron chi connectivity index (χ0n) is 11.0. The minimum atomic E-state index is -1.12. The molecule has 1 aromatic rings. The van der Waals surface area contributed by atoms with Gasteiger partial charge in [0.2, 0.25) is 0 Å². The Hall–Kier alpha value is -1.13. The first-order chi connectivity index (χ1) is 8.99. The molecule has 19 heavy (non-hydrogen) atoms. The summed E-state index contributed by atoms with van der Waals surface area (Å²) >= 11 is 5.75. The number of methoxy groups -OCH3 is 1. The molecule has 0 radical (unpaired) electrons. The zero-order chi connectivity index (χ0) is 14.4. The number of hydrogen-bond acceptors (Lipinski definition) is 3. The largest absolute Gasteiger partial charge is 0.469 e. The average molecular weight is 289 g/mol. The van der Waals surface area contributed by atoms with Crippen molar-refractivity contribution in [2.45, 2.75) is 32.3 Å². The Labute approximate surface area is 117 Å². The van der Waals surface area contributed by atoms with Crippen molar-refractivity contribution in [1.82, 2.24) is 0 Å². The summed E-state index contributed by atoms with van der Waals surface area (Å²) in [5.74, 6) is -1.75. The van der Waals surface area contributed by atoms with Gasteiger partial charge in [-0.2, -0.15) is 0 Å². The molecule has 0 aliphatic rings. The molecule has 0 aliphatic heterocycles. The Kier molecular flexibility index (Phi) is 6.25. The van der Waals surface area contributed by atoms with E-state index in [0.29, 0.717) is 6.42 Å². The first-order valence-electron chi connectivity index (χ1n) is 6.21. The zero-order valence-corrected chi connectivity index (χ0v) is 11.8. The number of aliphatic hydroxyl groups excluding tert-OH is 1. The van der Waals surface area contributed by atoms with E-state index in [-0.39, 0.29) is 10.6 Å². The summed E-state index contributed by atoms with van der Waals surface area (Å²) in [6.07, 6.45) is 1.04. The number of halogens is 2. The van der Waals surface area contributed by atoms with E-state index in [1.807, 2.05) is 6.92 Å². The second-order valence-electron chi connectivity index (χ2n) is 4.42. The summed E-state index contributed by atoms with van der Waals surface area (Å²) in [6, 6.07) is 3.78. The molecular formula is C14H18ClFO3. The van der Waals surface area contributed by atoms with Crippen molar-refractivity contribution in [1.29, 1.82) is 0 Å². The second-order valence-corrected chi connectivity index (χ2v) is 4.86. The maximum absolute atomic E-state index is 13.3. The van der Waals surface area contributed by atoms with Crippen molar-refractivity contribution in [3.63, 3.8) is 0 Å². The predicted molar refractivity (Wildman–Crippen MR) is 71.4 cm³/mol. The Morgan fingerprint density at radius 2 is 2.16 bits per heavy atom. The van der Waals surface area contributed by atoms with Crippen LogP contribution in [0.4, 0.5) is 4.39 Å². The van der Waals surface area contributed by atoms with Crippen LogP contribution in [0, 0.1) is 11.7 Å². The highest BCUT2D eigenvalue weighted by molar-refractivity contribution is 6.30. The van der Waals surface area contributed by atoms with Crippen molar-refractivity contribution in [2.24, 2.45) is 5.92 Å². The van der Waals surface area contributed by atoms with Crippen molar-refractivity contribution in [3.05, 3.63) is 34.6 Å². The van der Waals surface area contributed by atoms with Gasteiger partial charge in [0.25, 0.3) is 0 Å². The number of carbonyl (C=O) groups is 1. The van der Waals surface area contributed by atoms with E-state index in [4.69, 9.17) is 11.6 Å². The third-order valence-electron chi connectivity index (χ3n) is 2.98. The van der Waals surface area contributed by atoms with Crippen LogP contribution in [0.15, 0.2) is 18.2 Å². The number of aliphatic hydroxyl groups is 1. The molecule has 0 saturated carbocycles. The summed E-state index contributed by atoms with van der Waals surface area (Å²) in [5.41, 5.74) is 0.288. The van der Waals surface area contributed by atoms with Crippen LogP contribution in [-0.2, 0) is 9.53 Å². The molecule has 1 aromatic carbocycles. The summed E-state index contributed by atoms with van der Waals surface area (Å²) in [4.78, 5) is 11.7. The minimum absolute atomic E-state index is 0.188. The first-order valence-corrected chi connectivity index (χ1v) is 6.59. The molecule has 0 heterocycles. The van der Waals surface area contributed by atoms with Gasteiger partial charge in [-0.25, -0.2) is 4.39 Å². The van der Waals surface area contributed by atoms with Crippen LogP contribution in [0.25, 0.3) is 0 Å². The van der Waals surface area contributed by atoms with E-state index in [9.17, 15) is 14.3 Å². The Morgan fingerprint density at radius 1 is 1.47 bits per heavy atom.